The van der Waals surface area contributed by atoms with E-state index in [1.54, 1.807) is 6.20 Å². The van der Waals surface area contributed by atoms with Gasteiger partial charge >= 0.3 is 6.09 Å². The third kappa shape index (κ3) is 4.46. The summed E-state index contributed by atoms with van der Waals surface area (Å²) in [7, 11) is 0. The number of anilines is 1. The van der Waals surface area contributed by atoms with Crippen LogP contribution in [0.1, 0.15) is 40.0 Å². The molecule has 1 atom stereocenters. The van der Waals surface area contributed by atoms with E-state index in [0.29, 0.717) is 18.8 Å². The van der Waals surface area contributed by atoms with E-state index in [2.05, 4.69) is 32.9 Å². The Morgan fingerprint density at radius 3 is 2.77 bits per heavy atom. The molecule has 0 radical (unpaired) electrons. The summed E-state index contributed by atoms with van der Waals surface area (Å²) in [5.41, 5.74) is 0.169. The first-order valence-electron chi connectivity index (χ1n) is 8.68. The predicted octanol–water partition coefficient (Wildman–Crippen LogP) is 3.67. The zero-order valence-electron chi connectivity index (χ0n) is 15.2. The molecule has 2 aromatic rings. The number of piperidine rings is 1. The molecule has 1 N–H and O–H groups in total. The van der Waals surface area contributed by atoms with Crippen molar-refractivity contribution in [3.8, 4) is 0 Å². The van der Waals surface area contributed by atoms with Crippen molar-refractivity contribution in [2.75, 3.05) is 11.9 Å². The molecule has 8 heteroatoms. The second-order valence-corrected chi connectivity index (χ2v) is 8.66. The quantitative estimate of drug-likeness (QED) is 0.680. The van der Waals surface area contributed by atoms with E-state index in [9.17, 15) is 9.59 Å². The standard InChI is InChI=1S/C18H23IN4O3/c1-18(2,3)26-17(25)23-9-5-4-6-13(23)16(24)21-14-11-22-10-12(19)7-8-15(22)20-14/h7-8,10-11,13H,4-6,9H2,1-3H3,(H,21,24)/t13-/m0/s1. The fraction of sp³-hybridized carbons (Fsp3) is 0.500. The maximum Gasteiger partial charge on any atom is 0.410 e. The van der Waals surface area contributed by atoms with Crippen LogP contribution >= 0.6 is 22.6 Å². The number of ether oxygens (including phenoxy) is 1. The summed E-state index contributed by atoms with van der Waals surface area (Å²) >= 11 is 2.22. The van der Waals surface area contributed by atoms with Gasteiger partial charge in [0, 0.05) is 16.3 Å². The Kier molecular flexibility index (Phi) is 5.40. The van der Waals surface area contributed by atoms with Gasteiger partial charge in [0.25, 0.3) is 0 Å². The number of nitrogens with zero attached hydrogens (tertiary/aromatic N) is 3. The number of amides is 2. The fourth-order valence-corrected chi connectivity index (χ4v) is 3.46. The first kappa shape index (κ1) is 18.9. The summed E-state index contributed by atoms with van der Waals surface area (Å²) in [5, 5.41) is 2.85. The lowest BCUT2D eigenvalue weighted by molar-refractivity contribution is -0.122. The van der Waals surface area contributed by atoms with Crippen molar-refractivity contribution in [2.45, 2.75) is 51.7 Å². The van der Waals surface area contributed by atoms with Gasteiger partial charge in [-0.05, 0) is 74.8 Å². The molecular formula is C18H23IN4O3. The van der Waals surface area contributed by atoms with Crippen LogP contribution in [0.25, 0.3) is 5.65 Å². The number of hydrogen-bond acceptors (Lipinski definition) is 4. The number of imidazole rings is 1. The van der Waals surface area contributed by atoms with E-state index in [-0.39, 0.29) is 5.91 Å². The van der Waals surface area contributed by atoms with Crippen molar-refractivity contribution in [1.82, 2.24) is 14.3 Å². The maximum absolute atomic E-state index is 12.8. The van der Waals surface area contributed by atoms with Crippen LogP contribution in [0.15, 0.2) is 24.5 Å². The molecule has 3 rings (SSSR count). The number of carbonyl (C=O) groups excluding carboxylic acids is 2. The third-order valence-electron chi connectivity index (χ3n) is 4.10. The van der Waals surface area contributed by atoms with Gasteiger partial charge in [0.1, 0.15) is 17.3 Å². The van der Waals surface area contributed by atoms with E-state index < -0.39 is 17.7 Å². The van der Waals surface area contributed by atoms with Crippen LogP contribution in [0.2, 0.25) is 0 Å². The third-order valence-corrected chi connectivity index (χ3v) is 4.74. The fourth-order valence-electron chi connectivity index (χ4n) is 2.98. The molecule has 7 nitrogen and oxygen atoms in total. The van der Waals surface area contributed by atoms with Crippen molar-refractivity contribution in [1.29, 1.82) is 0 Å². The van der Waals surface area contributed by atoms with Crippen LogP contribution in [0.4, 0.5) is 10.6 Å². The summed E-state index contributed by atoms with van der Waals surface area (Å²) in [6, 6.07) is 3.31. The van der Waals surface area contributed by atoms with Crippen molar-refractivity contribution < 1.29 is 14.3 Å². The first-order chi connectivity index (χ1) is 12.2. The Morgan fingerprint density at radius 2 is 2.04 bits per heavy atom. The minimum atomic E-state index is -0.589. The van der Waals surface area contributed by atoms with E-state index in [0.717, 1.165) is 22.1 Å². The molecule has 2 amide bonds. The van der Waals surface area contributed by atoms with Gasteiger partial charge in [-0.3, -0.25) is 9.69 Å². The number of carbonyl (C=O) groups is 2. The molecular weight excluding hydrogens is 447 g/mol. The number of rotatable bonds is 2. The highest BCUT2D eigenvalue weighted by Crippen LogP contribution is 2.22. The van der Waals surface area contributed by atoms with Crippen LogP contribution in [-0.4, -0.2) is 44.5 Å². The SMILES string of the molecule is CC(C)(C)OC(=O)N1CCCC[C@H]1C(=O)Nc1cn2cc(I)ccc2n1. The van der Waals surface area contributed by atoms with E-state index in [4.69, 9.17) is 4.74 Å². The van der Waals surface area contributed by atoms with Gasteiger partial charge in [-0.15, -0.1) is 0 Å². The Labute approximate surface area is 166 Å². The highest BCUT2D eigenvalue weighted by Gasteiger charge is 2.35. The molecule has 1 aliphatic heterocycles. The summed E-state index contributed by atoms with van der Waals surface area (Å²) < 4.78 is 8.40. The number of aromatic nitrogens is 2. The van der Waals surface area contributed by atoms with Crippen LogP contribution in [0.3, 0.4) is 0 Å². The van der Waals surface area contributed by atoms with Gasteiger partial charge in [-0.1, -0.05) is 0 Å². The average Bonchev–Trinajstić information content (AvgIpc) is 2.94. The monoisotopic (exact) mass is 470 g/mol. The number of fused-ring (bicyclic) bond motifs is 1. The average molecular weight is 470 g/mol. The number of nitrogens with one attached hydrogen (secondary N) is 1. The van der Waals surface area contributed by atoms with E-state index in [1.807, 2.05) is 43.5 Å². The van der Waals surface area contributed by atoms with E-state index >= 15 is 0 Å². The Morgan fingerprint density at radius 1 is 1.27 bits per heavy atom. The lowest BCUT2D eigenvalue weighted by atomic mass is 10.0. The van der Waals surface area contributed by atoms with Crippen LogP contribution in [0.5, 0.6) is 0 Å². The molecule has 1 aliphatic rings. The lowest BCUT2D eigenvalue weighted by Gasteiger charge is -2.35. The predicted molar refractivity (Wildman–Crippen MR) is 107 cm³/mol. The number of pyridine rings is 1. The Balaban J connectivity index is 1.74. The molecule has 0 spiro atoms. The van der Waals surface area contributed by atoms with Gasteiger partial charge < -0.3 is 14.5 Å². The molecule has 0 bridgehead atoms. The molecule has 2 aromatic heterocycles. The zero-order chi connectivity index (χ0) is 18.9. The van der Waals surface area contributed by atoms with Crippen molar-refractivity contribution in [3.63, 3.8) is 0 Å². The molecule has 0 saturated carbocycles. The normalized spacial score (nSPS) is 18.0. The molecule has 26 heavy (non-hydrogen) atoms. The summed E-state index contributed by atoms with van der Waals surface area (Å²) in [4.78, 5) is 31.2. The maximum atomic E-state index is 12.8. The molecule has 140 valence electrons. The zero-order valence-corrected chi connectivity index (χ0v) is 17.3. The van der Waals surface area contributed by atoms with Gasteiger partial charge in [-0.25, -0.2) is 9.78 Å². The number of halogens is 1. The minimum Gasteiger partial charge on any atom is -0.444 e. The van der Waals surface area contributed by atoms with Crippen LogP contribution in [-0.2, 0) is 9.53 Å². The Bertz CT molecular complexity index is 827. The van der Waals surface area contributed by atoms with Gasteiger partial charge in [0.15, 0.2) is 5.82 Å². The largest absolute Gasteiger partial charge is 0.444 e. The summed E-state index contributed by atoms with van der Waals surface area (Å²) in [6.45, 7) is 5.99. The lowest BCUT2D eigenvalue weighted by Crippen LogP contribution is -2.51. The minimum absolute atomic E-state index is 0.228. The summed E-state index contributed by atoms with van der Waals surface area (Å²) in [5.74, 6) is 0.250. The van der Waals surface area contributed by atoms with Crippen LogP contribution < -0.4 is 5.32 Å². The van der Waals surface area contributed by atoms with E-state index in [1.165, 1.54) is 4.90 Å². The second kappa shape index (κ2) is 7.42. The van der Waals surface area contributed by atoms with Gasteiger partial charge in [-0.2, -0.15) is 0 Å². The number of hydrogen-bond donors (Lipinski definition) is 1. The molecule has 0 aliphatic carbocycles. The second-order valence-electron chi connectivity index (χ2n) is 7.41. The molecule has 1 saturated heterocycles. The van der Waals surface area contributed by atoms with Crippen molar-refractivity contribution in [2.24, 2.45) is 0 Å². The van der Waals surface area contributed by atoms with Gasteiger partial charge in [0.05, 0.1) is 6.20 Å². The smallest absolute Gasteiger partial charge is 0.410 e. The first-order valence-corrected chi connectivity index (χ1v) is 9.75. The summed E-state index contributed by atoms with van der Waals surface area (Å²) in [6.07, 6.45) is 5.66. The molecule has 1 fully saturated rings. The molecule has 0 aromatic carbocycles. The van der Waals surface area contributed by atoms with Crippen molar-refractivity contribution >= 4 is 46.1 Å². The van der Waals surface area contributed by atoms with Crippen molar-refractivity contribution in [3.05, 3.63) is 28.1 Å². The van der Waals surface area contributed by atoms with Crippen LogP contribution in [0, 0.1) is 3.57 Å². The molecule has 0 unspecified atom stereocenters. The highest BCUT2D eigenvalue weighted by molar-refractivity contribution is 14.1. The highest BCUT2D eigenvalue weighted by atomic mass is 127. The topological polar surface area (TPSA) is 75.9 Å². The molecule has 3 heterocycles. The number of likely N-dealkylation sites (tertiary alicyclic amines) is 1. The van der Waals surface area contributed by atoms with Gasteiger partial charge in [0.2, 0.25) is 5.91 Å². The Hall–Kier alpha value is -1.84.